The van der Waals surface area contributed by atoms with E-state index in [1.807, 2.05) is 10.6 Å². The first-order valence-electron chi connectivity index (χ1n) is 9.91. The molecule has 0 bridgehead atoms. The minimum absolute atomic E-state index is 0.539. The van der Waals surface area contributed by atoms with E-state index in [2.05, 4.69) is 48.4 Å². The molecule has 2 saturated carbocycles. The van der Waals surface area contributed by atoms with Crippen molar-refractivity contribution in [1.29, 1.82) is 0 Å². The molecule has 1 aliphatic heterocycles. The van der Waals surface area contributed by atoms with Gasteiger partial charge in [0.1, 0.15) is 5.82 Å². The first kappa shape index (κ1) is 15.3. The molecule has 2 aliphatic carbocycles. The summed E-state index contributed by atoms with van der Waals surface area (Å²) in [6.07, 6.45) is 4.93. The van der Waals surface area contributed by atoms with Gasteiger partial charge in [0, 0.05) is 38.0 Å². The molecule has 0 N–H and O–H groups in total. The molecule has 8 nitrogen and oxygen atoms in total. The zero-order valence-electron chi connectivity index (χ0n) is 15.2. The van der Waals surface area contributed by atoms with Gasteiger partial charge in [-0.05, 0) is 49.9 Å². The predicted octanol–water partition coefficient (Wildman–Crippen LogP) is 2.00. The summed E-state index contributed by atoms with van der Waals surface area (Å²) in [7, 11) is 0. The van der Waals surface area contributed by atoms with Crippen LogP contribution < -0.4 is 9.80 Å². The largest absolute Gasteiger partial charge is 0.352 e. The molecule has 4 heterocycles. The maximum atomic E-state index is 4.83. The highest BCUT2D eigenvalue weighted by Crippen LogP contribution is 2.39. The van der Waals surface area contributed by atoms with Crippen LogP contribution in [0.25, 0.3) is 5.65 Å². The molecule has 138 valence electrons. The SMILES string of the molecule is c1cc(N2CCN(c3ccc4nnc(C5CC5)n4n3)CC2)nnc1C1CC1. The summed E-state index contributed by atoms with van der Waals surface area (Å²) in [5.41, 5.74) is 1.99. The van der Waals surface area contributed by atoms with Crippen LogP contribution in [-0.4, -0.2) is 56.2 Å². The molecule has 0 amide bonds. The van der Waals surface area contributed by atoms with Crippen molar-refractivity contribution in [2.24, 2.45) is 0 Å². The quantitative estimate of drug-likeness (QED) is 0.702. The Bertz CT molecular complexity index is 965. The number of nitrogens with zero attached hydrogens (tertiary/aromatic N) is 8. The lowest BCUT2D eigenvalue weighted by Gasteiger charge is -2.35. The Hall–Kier alpha value is -2.77. The van der Waals surface area contributed by atoms with Gasteiger partial charge in [-0.1, -0.05) is 0 Å². The van der Waals surface area contributed by atoms with Gasteiger partial charge >= 0.3 is 0 Å². The van der Waals surface area contributed by atoms with Crippen LogP contribution in [0.3, 0.4) is 0 Å². The minimum Gasteiger partial charge on any atom is -0.352 e. The van der Waals surface area contributed by atoms with Crippen molar-refractivity contribution < 1.29 is 0 Å². The summed E-state index contributed by atoms with van der Waals surface area (Å²) in [6, 6.07) is 8.35. The summed E-state index contributed by atoms with van der Waals surface area (Å²) in [4.78, 5) is 4.64. The van der Waals surface area contributed by atoms with Gasteiger partial charge in [-0.3, -0.25) is 0 Å². The molecule has 0 atom stereocenters. The van der Waals surface area contributed by atoms with Crippen LogP contribution in [0.1, 0.15) is 49.0 Å². The van der Waals surface area contributed by atoms with Gasteiger partial charge < -0.3 is 9.80 Å². The lowest BCUT2D eigenvalue weighted by molar-refractivity contribution is 0.630. The predicted molar refractivity (Wildman–Crippen MR) is 101 cm³/mol. The van der Waals surface area contributed by atoms with Crippen LogP contribution in [0.15, 0.2) is 24.3 Å². The fourth-order valence-electron chi connectivity index (χ4n) is 3.83. The van der Waals surface area contributed by atoms with Gasteiger partial charge in [0.05, 0.1) is 5.69 Å². The van der Waals surface area contributed by atoms with E-state index in [1.54, 1.807) is 0 Å². The molecule has 0 aromatic carbocycles. The van der Waals surface area contributed by atoms with Gasteiger partial charge in [0.15, 0.2) is 17.3 Å². The Kier molecular flexibility index (Phi) is 3.33. The van der Waals surface area contributed by atoms with E-state index < -0.39 is 0 Å². The summed E-state index contributed by atoms with van der Waals surface area (Å²) >= 11 is 0. The normalized spacial score (nSPS) is 20.4. The number of hydrogen-bond donors (Lipinski definition) is 0. The van der Waals surface area contributed by atoms with E-state index in [4.69, 9.17) is 5.10 Å². The molecular formula is C19H22N8. The van der Waals surface area contributed by atoms with E-state index in [9.17, 15) is 0 Å². The lowest BCUT2D eigenvalue weighted by atomic mass is 10.2. The third-order valence-corrected chi connectivity index (χ3v) is 5.81. The van der Waals surface area contributed by atoms with Gasteiger partial charge in [-0.2, -0.15) is 9.61 Å². The smallest absolute Gasteiger partial charge is 0.178 e. The van der Waals surface area contributed by atoms with E-state index >= 15 is 0 Å². The highest BCUT2D eigenvalue weighted by Gasteiger charge is 2.30. The Labute approximate surface area is 157 Å². The highest BCUT2D eigenvalue weighted by molar-refractivity contribution is 5.48. The zero-order chi connectivity index (χ0) is 17.8. The van der Waals surface area contributed by atoms with Crippen molar-refractivity contribution in [3.63, 3.8) is 0 Å². The van der Waals surface area contributed by atoms with Crippen LogP contribution in [0, 0.1) is 0 Å². The topological polar surface area (TPSA) is 75.3 Å². The van der Waals surface area contributed by atoms with E-state index in [1.165, 1.54) is 25.7 Å². The van der Waals surface area contributed by atoms with Crippen molar-refractivity contribution in [2.45, 2.75) is 37.5 Å². The van der Waals surface area contributed by atoms with Crippen molar-refractivity contribution in [1.82, 2.24) is 30.0 Å². The van der Waals surface area contributed by atoms with Crippen LogP contribution in [-0.2, 0) is 0 Å². The Morgan fingerprint density at radius 3 is 2.04 bits per heavy atom. The van der Waals surface area contributed by atoms with Crippen LogP contribution >= 0.6 is 0 Å². The number of rotatable bonds is 4. The van der Waals surface area contributed by atoms with Gasteiger partial charge in [0.25, 0.3) is 0 Å². The molecule has 27 heavy (non-hydrogen) atoms. The van der Waals surface area contributed by atoms with E-state index in [0.717, 1.165) is 55.0 Å². The average molecular weight is 362 g/mol. The molecule has 3 aliphatic rings. The molecule has 3 aromatic rings. The van der Waals surface area contributed by atoms with Crippen LogP contribution in [0.2, 0.25) is 0 Å². The average Bonchev–Trinajstić information content (AvgIpc) is 3.66. The van der Waals surface area contributed by atoms with Crippen molar-refractivity contribution in [3.8, 4) is 0 Å². The molecule has 3 aromatic heterocycles. The molecule has 0 radical (unpaired) electrons. The standard InChI is InChI=1S/C19H22N8/c1-2-13(1)15-5-6-16(21-20-15)25-9-11-26(12-10-25)18-8-7-17-22-23-19(14-3-4-14)27(17)24-18/h5-8,13-14H,1-4,9-12H2. The molecule has 8 heteroatoms. The summed E-state index contributed by atoms with van der Waals surface area (Å²) < 4.78 is 1.93. The minimum atomic E-state index is 0.539. The number of piperazine rings is 1. The summed E-state index contributed by atoms with van der Waals surface area (Å²) in [5.74, 6) is 4.19. The van der Waals surface area contributed by atoms with Crippen molar-refractivity contribution in [2.75, 3.05) is 36.0 Å². The molecule has 0 spiro atoms. The Morgan fingerprint density at radius 2 is 1.37 bits per heavy atom. The summed E-state index contributed by atoms with van der Waals surface area (Å²) in [5, 5.41) is 22.3. The van der Waals surface area contributed by atoms with Gasteiger partial charge in [-0.25, -0.2) is 0 Å². The molecule has 3 fully saturated rings. The first-order valence-corrected chi connectivity index (χ1v) is 9.91. The number of anilines is 2. The van der Waals surface area contributed by atoms with Crippen molar-refractivity contribution >= 4 is 17.3 Å². The second-order valence-corrected chi connectivity index (χ2v) is 7.86. The van der Waals surface area contributed by atoms with Crippen molar-refractivity contribution in [3.05, 3.63) is 35.8 Å². The van der Waals surface area contributed by atoms with Gasteiger partial charge in [0.2, 0.25) is 0 Å². The molecule has 1 saturated heterocycles. The monoisotopic (exact) mass is 362 g/mol. The Balaban J connectivity index is 1.17. The van der Waals surface area contributed by atoms with E-state index in [0.29, 0.717) is 11.8 Å². The summed E-state index contributed by atoms with van der Waals surface area (Å²) in [6.45, 7) is 3.70. The molecule has 6 rings (SSSR count). The van der Waals surface area contributed by atoms with Crippen LogP contribution in [0.4, 0.5) is 11.6 Å². The van der Waals surface area contributed by atoms with Gasteiger partial charge in [-0.15, -0.1) is 20.4 Å². The number of hydrogen-bond acceptors (Lipinski definition) is 7. The fourth-order valence-corrected chi connectivity index (χ4v) is 3.83. The van der Waals surface area contributed by atoms with E-state index in [-0.39, 0.29) is 0 Å². The number of aromatic nitrogens is 6. The third kappa shape index (κ3) is 2.79. The Morgan fingerprint density at radius 1 is 0.667 bits per heavy atom. The third-order valence-electron chi connectivity index (χ3n) is 5.81. The first-order chi connectivity index (χ1) is 13.3. The zero-order valence-corrected chi connectivity index (χ0v) is 15.2. The maximum absolute atomic E-state index is 4.83. The maximum Gasteiger partial charge on any atom is 0.178 e. The second kappa shape index (κ2) is 5.87. The number of fused-ring (bicyclic) bond motifs is 1. The second-order valence-electron chi connectivity index (χ2n) is 7.86. The van der Waals surface area contributed by atoms with Crippen LogP contribution in [0.5, 0.6) is 0 Å². The molecule has 0 unspecified atom stereocenters. The lowest BCUT2D eigenvalue weighted by Crippen LogP contribution is -2.47. The molecular weight excluding hydrogens is 340 g/mol. The highest BCUT2D eigenvalue weighted by atomic mass is 15.4. The fraction of sp³-hybridized carbons (Fsp3) is 0.526.